The Morgan fingerprint density at radius 2 is 2.46 bits per heavy atom. The van der Waals surface area contributed by atoms with E-state index < -0.39 is 0 Å². The first-order valence-corrected chi connectivity index (χ1v) is 4.74. The van der Waals surface area contributed by atoms with E-state index in [0.717, 1.165) is 18.4 Å². The van der Waals surface area contributed by atoms with Crippen LogP contribution in [-0.2, 0) is 11.3 Å². The molecule has 2 N–H and O–H groups in total. The van der Waals surface area contributed by atoms with Crippen LogP contribution in [0, 0.1) is 0 Å². The monoisotopic (exact) mass is 181 g/mol. The Kier molecular flexibility index (Phi) is 2.66. The molecule has 13 heavy (non-hydrogen) atoms. The third-order valence-corrected chi connectivity index (χ3v) is 2.55. The minimum atomic E-state index is 0.229. The van der Waals surface area contributed by atoms with Gasteiger partial charge in [-0.25, -0.2) is 0 Å². The summed E-state index contributed by atoms with van der Waals surface area (Å²) in [5.41, 5.74) is 6.95. The normalized spacial score (nSPS) is 28.1. The Bertz CT molecular complexity index is 245. The molecule has 0 amide bonds. The lowest BCUT2D eigenvalue weighted by Gasteiger charge is -2.15. The van der Waals surface area contributed by atoms with Crippen molar-refractivity contribution in [2.24, 2.45) is 5.73 Å². The SMILES string of the molecule is NC1CCCC1OCc1ccoc1. The van der Waals surface area contributed by atoms with Crippen LogP contribution in [0.25, 0.3) is 0 Å². The predicted molar refractivity (Wildman–Crippen MR) is 49.1 cm³/mol. The summed E-state index contributed by atoms with van der Waals surface area (Å²) in [5.74, 6) is 0. The molecule has 1 aromatic rings. The minimum Gasteiger partial charge on any atom is -0.472 e. The van der Waals surface area contributed by atoms with Crippen molar-refractivity contribution < 1.29 is 9.15 Å². The molecule has 0 radical (unpaired) electrons. The van der Waals surface area contributed by atoms with Crippen LogP contribution in [-0.4, -0.2) is 12.1 Å². The lowest BCUT2D eigenvalue weighted by atomic mass is 10.2. The molecule has 0 bridgehead atoms. The van der Waals surface area contributed by atoms with Gasteiger partial charge in [-0.3, -0.25) is 0 Å². The molecule has 0 spiro atoms. The summed E-state index contributed by atoms with van der Waals surface area (Å²) in [6, 6.07) is 2.15. The molecule has 0 aliphatic heterocycles. The minimum absolute atomic E-state index is 0.229. The van der Waals surface area contributed by atoms with Crippen LogP contribution in [0.15, 0.2) is 23.0 Å². The molecule has 2 unspecified atom stereocenters. The molecule has 2 atom stereocenters. The summed E-state index contributed by atoms with van der Waals surface area (Å²) in [7, 11) is 0. The molecule has 1 heterocycles. The van der Waals surface area contributed by atoms with E-state index in [4.69, 9.17) is 14.9 Å². The third kappa shape index (κ3) is 2.11. The van der Waals surface area contributed by atoms with Gasteiger partial charge in [-0.15, -0.1) is 0 Å². The van der Waals surface area contributed by atoms with E-state index in [-0.39, 0.29) is 12.1 Å². The molecule has 1 saturated carbocycles. The van der Waals surface area contributed by atoms with E-state index in [0.29, 0.717) is 6.61 Å². The van der Waals surface area contributed by atoms with E-state index in [1.807, 2.05) is 6.07 Å². The maximum Gasteiger partial charge on any atom is 0.0957 e. The zero-order valence-electron chi connectivity index (χ0n) is 7.61. The lowest BCUT2D eigenvalue weighted by molar-refractivity contribution is 0.0355. The Hall–Kier alpha value is -0.800. The van der Waals surface area contributed by atoms with E-state index in [1.165, 1.54) is 6.42 Å². The summed E-state index contributed by atoms with van der Waals surface area (Å²) < 4.78 is 10.6. The van der Waals surface area contributed by atoms with Gasteiger partial charge >= 0.3 is 0 Å². The van der Waals surface area contributed by atoms with Crippen LogP contribution in [0.5, 0.6) is 0 Å². The summed E-state index contributed by atoms with van der Waals surface area (Å²) >= 11 is 0. The number of nitrogens with two attached hydrogens (primary N) is 1. The Morgan fingerprint density at radius 3 is 3.08 bits per heavy atom. The summed E-state index contributed by atoms with van der Waals surface area (Å²) in [5, 5.41) is 0. The van der Waals surface area contributed by atoms with Crippen molar-refractivity contribution in [3.05, 3.63) is 24.2 Å². The standard InChI is InChI=1S/C10H15NO2/c11-9-2-1-3-10(9)13-7-8-4-5-12-6-8/h4-6,9-10H,1-3,7,11H2. The smallest absolute Gasteiger partial charge is 0.0957 e. The fourth-order valence-electron chi connectivity index (χ4n) is 1.74. The molecule has 1 aliphatic carbocycles. The quantitative estimate of drug-likeness (QED) is 0.771. The van der Waals surface area contributed by atoms with Crippen LogP contribution in [0.1, 0.15) is 24.8 Å². The fourth-order valence-corrected chi connectivity index (χ4v) is 1.74. The Balaban J connectivity index is 1.79. The van der Waals surface area contributed by atoms with Gasteiger partial charge in [-0.1, -0.05) is 0 Å². The maximum absolute atomic E-state index is 5.87. The van der Waals surface area contributed by atoms with Gasteiger partial charge in [-0.05, 0) is 25.3 Å². The summed E-state index contributed by atoms with van der Waals surface area (Å²) in [6.45, 7) is 0.620. The second-order valence-electron chi connectivity index (χ2n) is 3.58. The van der Waals surface area contributed by atoms with E-state index in [1.54, 1.807) is 12.5 Å². The van der Waals surface area contributed by atoms with Crippen molar-refractivity contribution in [1.82, 2.24) is 0 Å². The van der Waals surface area contributed by atoms with Crippen LogP contribution >= 0.6 is 0 Å². The number of furan rings is 1. The van der Waals surface area contributed by atoms with Crippen LogP contribution in [0.3, 0.4) is 0 Å². The first-order valence-electron chi connectivity index (χ1n) is 4.74. The molecule has 3 heteroatoms. The van der Waals surface area contributed by atoms with Crippen molar-refractivity contribution in [3.63, 3.8) is 0 Å². The van der Waals surface area contributed by atoms with E-state index >= 15 is 0 Å². The number of ether oxygens (including phenoxy) is 1. The van der Waals surface area contributed by atoms with Crippen molar-refractivity contribution >= 4 is 0 Å². The van der Waals surface area contributed by atoms with Crippen LogP contribution in [0.2, 0.25) is 0 Å². The van der Waals surface area contributed by atoms with Crippen molar-refractivity contribution in [2.45, 2.75) is 38.0 Å². The van der Waals surface area contributed by atoms with Gasteiger partial charge < -0.3 is 14.9 Å². The highest BCUT2D eigenvalue weighted by atomic mass is 16.5. The van der Waals surface area contributed by atoms with Crippen molar-refractivity contribution in [2.75, 3.05) is 0 Å². The zero-order valence-corrected chi connectivity index (χ0v) is 7.61. The van der Waals surface area contributed by atoms with Crippen molar-refractivity contribution in [3.8, 4) is 0 Å². The largest absolute Gasteiger partial charge is 0.472 e. The van der Waals surface area contributed by atoms with Crippen LogP contribution < -0.4 is 5.73 Å². The number of rotatable bonds is 3. The molecule has 0 aromatic carbocycles. The lowest BCUT2D eigenvalue weighted by Crippen LogP contribution is -2.31. The molecule has 1 fully saturated rings. The Morgan fingerprint density at radius 1 is 1.54 bits per heavy atom. The van der Waals surface area contributed by atoms with Crippen molar-refractivity contribution in [1.29, 1.82) is 0 Å². The highest BCUT2D eigenvalue weighted by molar-refractivity contribution is 5.03. The molecular formula is C10H15NO2. The number of hydrogen-bond donors (Lipinski definition) is 1. The van der Waals surface area contributed by atoms with Gasteiger partial charge in [0.05, 0.1) is 25.2 Å². The van der Waals surface area contributed by atoms with Crippen LogP contribution in [0.4, 0.5) is 0 Å². The molecule has 72 valence electrons. The molecule has 0 saturated heterocycles. The average molecular weight is 181 g/mol. The second kappa shape index (κ2) is 3.94. The highest BCUT2D eigenvalue weighted by Crippen LogP contribution is 2.21. The van der Waals surface area contributed by atoms with Gasteiger partial charge in [0, 0.05) is 11.6 Å². The summed E-state index contributed by atoms with van der Waals surface area (Å²) in [6.07, 6.45) is 7.00. The first-order chi connectivity index (χ1) is 6.36. The second-order valence-corrected chi connectivity index (χ2v) is 3.58. The number of hydrogen-bond acceptors (Lipinski definition) is 3. The topological polar surface area (TPSA) is 48.4 Å². The highest BCUT2D eigenvalue weighted by Gasteiger charge is 2.24. The van der Waals surface area contributed by atoms with Gasteiger partial charge in [0.2, 0.25) is 0 Å². The predicted octanol–water partition coefficient (Wildman–Crippen LogP) is 1.68. The van der Waals surface area contributed by atoms with Gasteiger partial charge in [-0.2, -0.15) is 0 Å². The molecule has 3 nitrogen and oxygen atoms in total. The average Bonchev–Trinajstić information content (AvgIpc) is 2.72. The fraction of sp³-hybridized carbons (Fsp3) is 0.600. The van der Waals surface area contributed by atoms with Gasteiger partial charge in [0.15, 0.2) is 0 Å². The zero-order chi connectivity index (χ0) is 9.10. The molecule has 1 aromatic heterocycles. The summed E-state index contributed by atoms with van der Waals surface area (Å²) in [4.78, 5) is 0. The van der Waals surface area contributed by atoms with Gasteiger partial charge in [0.25, 0.3) is 0 Å². The molecule has 1 aliphatic rings. The Labute approximate surface area is 77.9 Å². The van der Waals surface area contributed by atoms with E-state index in [9.17, 15) is 0 Å². The third-order valence-electron chi connectivity index (χ3n) is 2.55. The maximum atomic E-state index is 5.87. The first kappa shape index (κ1) is 8.78. The van der Waals surface area contributed by atoms with Gasteiger partial charge in [0.1, 0.15) is 0 Å². The molecular weight excluding hydrogens is 166 g/mol. The molecule has 2 rings (SSSR count). The van der Waals surface area contributed by atoms with E-state index in [2.05, 4.69) is 0 Å².